The standard InChI is InChI=1S/C13H20N2/c1-3-4-5-9-12-14-15(2)13-10-7-6-8-11-13/h6-8,10-12H,3-5,9H2,1-2H3. The summed E-state index contributed by atoms with van der Waals surface area (Å²) in [7, 11) is 1.98. The Morgan fingerprint density at radius 2 is 1.93 bits per heavy atom. The predicted molar refractivity (Wildman–Crippen MR) is 67.5 cm³/mol. The van der Waals surface area contributed by atoms with Crippen molar-refractivity contribution in [2.24, 2.45) is 5.10 Å². The van der Waals surface area contributed by atoms with E-state index >= 15 is 0 Å². The van der Waals surface area contributed by atoms with E-state index in [-0.39, 0.29) is 0 Å². The first-order valence-corrected chi connectivity index (χ1v) is 5.66. The molecule has 0 fully saturated rings. The molecule has 0 aliphatic rings. The van der Waals surface area contributed by atoms with Crippen molar-refractivity contribution in [3.8, 4) is 0 Å². The SMILES string of the molecule is CCCCCC=NN(C)c1ccccc1. The molecule has 0 spiro atoms. The molecule has 82 valence electrons. The van der Waals surface area contributed by atoms with Gasteiger partial charge in [0.05, 0.1) is 5.69 Å². The molecule has 0 amide bonds. The van der Waals surface area contributed by atoms with Crippen molar-refractivity contribution in [2.45, 2.75) is 32.6 Å². The number of rotatable bonds is 6. The Morgan fingerprint density at radius 3 is 2.60 bits per heavy atom. The van der Waals surface area contributed by atoms with Crippen LogP contribution in [0.2, 0.25) is 0 Å². The zero-order chi connectivity index (χ0) is 10.9. The highest BCUT2D eigenvalue weighted by molar-refractivity contribution is 5.60. The Labute approximate surface area is 92.6 Å². The van der Waals surface area contributed by atoms with Crippen LogP contribution in [0.5, 0.6) is 0 Å². The van der Waals surface area contributed by atoms with E-state index in [9.17, 15) is 0 Å². The number of anilines is 1. The average Bonchev–Trinajstić information content (AvgIpc) is 2.30. The van der Waals surface area contributed by atoms with Gasteiger partial charge in [-0.2, -0.15) is 5.10 Å². The molecule has 0 unspecified atom stereocenters. The van der Waals surface area contributed by atoms with Gasteiger partial charge in [0.15, 0.2) is 0 Å². The first kappa shape index (κ1) is 11.8. The van der Waals surface area contributed by atoms with Crippen molar-refractivity contribution in [3.05, 3.63) is 30.3 Å². The number of unbranched alkanes of at least 4 members (excludes halogenated alkanes) is 3. The van der Waals surface area contributed by atoms with Gasteiger partial charge in [0.1, 0.15) is 0 Å². The fourth-order valence-corrected chi connectivity index (χ4v) is 1.38. The molecule has 0 aromatic heterocycles. The fourth-order valence-electron chi connectivity index (χ4n) is 1.38. The van der Waals surface area contributed by atoms with E-state index in [0.29, 0.717) is 0 Å². The minimum atomic E-state index is 1.07. The summed E-state index contributed by atoms with van der Waals surface area (Å²) >= 11 is 0. The van der Waals surface area contributed by atoms with Crippen molar-refractivity contribution in [2.75, 3.05) is 12.1 Å². The van der Waals surface area contributed by atoms with Gasteiger partial charge in [-0.15, -0.1) is 0 Å². The minimum absolute atomic E-state index is 1.07. The Kier molecular flexibility index (Phi) is 5.52. The zero-order valence-electron chi connectivity index (χ0n) is 9.69. The summed E-state index contributed by atoms with van der Waals surface area (Å²) in [5.74, 6) is 0. The second-order valence-corrected chi connectivity index (χ2v) is 3.65. The second kappa shape index (κ2) is 7.04. The fraction of sp³-hybridized carbons (Fsp3) is 0.462. The zero-order valence-corrected chi connectivity index (χ0v) is 9.69. The maximum Gasteiger partial charge on any atom is 0.0590 e. The lowest BCUT2D eigenvalue weighted by Crippen LogP contribution is -2.08. The first-order valence-electron chi connectivity index (χ1n) is 5.66. The molecule has 0 saturated carbocycles. The third-order valence-electron chi connectivity index (χ3n) is 2.32. The highest BCUT2D eigenvalue weighted by atomic mass is 15.4. The Morgan fingerprint density at radius 1 is 1.20 bits per heavy atom. The summed E-state index contributed by atoms with van der Waals surface area (Å²) < 4.78 is 0. The van der Waals surface area contributed by atoms with Crippen LogP contribution in [0.1, 0.15) is 32.6 Å². The van der Waals surface area contributed by atoms with Gasteiger partial charge < -0.3 is 0 Å². The average molecular weight is 204 g/mol. The summed E-state index contributed by atoms with van der Waals surface area (Å²) in [5, 5.41) is 6.28. The van der Waals surface area contributed by atoms with Gasteiger partial charge in [-0.3, -0.25) is 5.01 Å². The second-order valence-electron chi connectivity index (χ2n) is 3.65. The maximum absolute atomic E-state index is 4.37. The predicted octanol–water partition coefficient (Wildman–Crippen LogP) is 3.69. The number of para-hydroxylation sites is 1. The molecule has 1 aromatic carbocycles. The molecular formula is C13H20N2. The van der Waals surface area contributed by atoms with Crippen molar-refractivity contribution < 1.29 is 0 Å². The van der Waals surface area contributed by atoms with E-state index in [4.69, 9.17) is 0 Å². The van der Waals surface area contributed by atoms with Crippen LogP contribution in [0.3, 0.4) is 0 Å². The van der Waals surface area contributed by atoms with Crippen molar-refractivity contribution in [3.63, 3.8) is 0 Å². The molecule has 0 N–H and O–H groups in total. The highest BCUT2D eigenvalue weighted by Gasteiger charge is 1.94. The molecule has 15 heavy (non-hydrogen) atoms. The van der Waals surface area contributed by atoms with E-state index in [0.717, 1.165) is 12.1 Å². The lowest BCUT2D eigenvalue weighted by atomic mass is 10.2. The first-order chi connectivity index (χ1) is 7.34. The molecule has 0 bridgehead atoms. The lowest BCUT2D eigenvalue weighted by molar-refractivity contribution is 0.744. The van der Waals surface area contributed by atoms with Crippen LogP contribution in [0, 0.1) is 0 Å². The highest BCUT2D eigenvalue weighted by Crippen LogP contribution is 2.10. The van der Waals surface area contributed by atoms with Crippen LogP contribution in [-0.2, 0) is 0 Å². The third kappa shape index (κ3) is 4.63. The Hall–Kier alpha value is -1.31. The van der Waals surface area contributed by atoms with Crippen molar-refractivity contribution in [1.82, 2.24) is 0 Å². The molecule has 2 nitrogen and oxygen atoms in total. The van der Waals surface area contributed by atoms with Gasteiger partial charge in [-0.05, 0) is 25.0 Å². The van der Waals surface area contributed by atoms with Gasteiger partial charge in [0.2, 0.25) is 0 Å². The molecule has 0 saturated heterocycles. The smallest absolute Gasteiger partial charge is 0.0590 e. The van der Waals surface area contributed by atoms with E-state index in [2.05, 4.69) is 24.2 Å². The van der Waals surface area contributed by atoms with Gasteiger partial charge in [0, 0.05) is 13.3 Å². The number of nitrogens with zero attached hydrogens (tertiary/aromatic N) is 2. The summed E-state index contributed by atoms with van der Waals surface area (Å²) in [6.07, 6.45) is 6.87. The van der Waals surface area contributed by atoms with Gasteiger partial charge in [0.25, 0.3) is 0 Å². The van der Waals surface area contributed by atoms with E-state index in [1.54, 1.807) is 0 Å². The van der Waals surface area contributed by atoms with Crippen molar-refractivity contribution in [1.29, 1.82) is 0 Å². The van der Waals surface area contributed by atoms with Crippen LogP contribution in [0.25, 0.3) is 0 Å². The van der Waals surface area contributed by atoms with Gasteiger partial charge in [-0.1, -0.05) is 38.0 Å². The number of benzene rings is 1. The quantitative estimate of drug-likeness (QED) is 0.392. The van der Waals surface area contributed by atoms with Crippen LogP contribution >= 0.6 is 0 Å². The van der Waals surface area contributed by atoms with Gasteiger partial charge in [-0.25, -0.2) is 0 Å². The third-order valence-corrected chi connectivity index (χ3v) is 2.32. The monoisotopic (exact) mass is 204 g/mol. The van der Waals surface area contributed by atoms with E-state index in [1.807, 2.05) is 36.5 Å². The Bertz CT molecular complexity index is 280. The van der Waals surface area contributed by atoms with Crippen LogP contribution in [0.15, 0.2) is 35.4 Å². The molecule has 0 heterocycles. The van der Waals surface area contributed by atoms with Crippen molar-refractivity contribution >= 4 is 11.9 Å². The molecular weight excluding hydrogens is 184 g/mol. The summed E-state index contributed by atoms with van der Waals surface area (Å²) in [6, 6.07) is 10.2. The lowest BCUT2D eigenvalue weighted by Gasteiger charge is -2.11. The van der Waals surface area contributed by atoms with E-state index in [1.165, 1.54) is 19.3 Å². The molecule has 0 radical (unpaired) electrons. The number of hydrazone groups is 1. The van der Waals surface area contributed by atoms with Crippen LogP contribution in [0.4, 0.5) is 5.69 Å². The maximum atomic E-state index is 4.37. The molecule has 0 atom stereocenters. The summed E-state index contributed by atoms with van der Waals surface area (Å²) in [6.45, 7) is 2.22. The molecule has 1 rings (SSSR count). The number of hydrogen-bond acceptors (Lipinski definition) is 2. The number of hydrogen-bond donors (Lipinski definition) is 0. The van der Waals surface area contributed by atoms with Crippen LogP contribution in [-0.4, -0.2) is 13.3 Å². The summed E-state index contributed by atoms with van der Waals surface area (Å²) in [4.78, 5) is 0. The molecule has 2 heteroatoms. The van der Waals surface area contributed by atoms with Gasteiger partial charge >= 0.3 is 0 Å². The van der Waals surface area contributed by atoms with E-state index < -0.39 is 0 Å². The largest absolute Gasteiger partial charge is 0.269 e. The molecule has 0 aliphatic heterocycles. The molecule has 0 aliphatic carbocycles. The van der Waals surface area contributed by atoms with Crippen LogP contribution < -0.4 is 5.01 Å². The normalized spacial score (nSPS) is 10.8. The topological polar surface area (TPSA) is 15.6 Å². The minimum Gasteiger partial charge on any atom is -0.269 e. The summed E-state index contributed by atoms with van der Waals surface area (Å²) in [5.41, 5.74) is 1.13. The Balaban J connectivity index is 2.32. The molecule has 1 aromatic rings.